The van der Waals surface area contributed by atoms with E-state index in [1.54, 1.807) is 11.8 Å². The van der Waals surface area contributed by atoms with Crippen LogP contribution in [0.2, 0.25) is 0 Å². The number of aliphatic carboxylic acids is 1. The average molecular weight is 561 g/mol. The van der Waals surface area contributed by atoms with Crippen molar-refractivity contribution in [3.8, 4) is 11.5 Å². The number of ether oxygens (including phenoxy) is 2. The Morgan fingerprint density at radius 1 is 1.20 bits per heavy atom. The number of methoxy groups -OCH3 is 1. The molecule has 10 nitrogen and oxygen atoms in total. The summed E-state index contributed by atoms with van der Waals surface area (Å²) < 4.78 is 13.6. The highest BCUT2D eigenvalue weighted by atomic mass is 16.5. The van der Waals surface area contributed by atoms with Crippen LogP contribution in [0.3, 0.4) is 0 Å². The number of rotatable bonds is 8. The Balaban J connectivity index is 0.00000124. The molecular weight excluding hydrogens is 524 g/mol. The summed E-state index contributed by atoms with van der Waals surface area (Å²) in [6.07, 6.45) is 1.00. The van der Waals surface area contributed by atoms with Crippen molar-refractivity contribution in [2.45, 2.75) is 51.8 Å². The summed E-state index contributed by atoms with van der Waals surface area (Å²) in [5.74, 6) is 0.370. The van der Waals surface area contributed by atoms with E-state index in [4.69, 9.17) is 19.4 Å². The zero-order valence-corrected chi connectivity index (χ0v) is 23.8. The molecule has 1 aliphatic rings. The second-order valence-corrected chi connectivity index (χ2v) is 10.2. The second kappa shape index (κ2) is 13.3. The van der Waals surface area contributed by atoms with Crippen LogP contribution in [0, 0.1) is 6.92 Å². The van der Waals surface area contributed by atoms with E-state index in [9.17, 15) is 9.90 Å². The van der Waals surface area contributed by atoms with Crippen LogP contribution >= 0.6 is 0 Å². The summed E-state index contributed by atoms with van der Waals surface area (Å²) in [6, 6.07) is 18.4. The van der Waals surface area contributed by atoms with E-state index >= 15 is 0 Å². The fourth-order valence-electron chi connectivity index (χ4n) is 5.35. The largest absolute Gasteiger partial charge is 0.494 e. The van der Waals surface area contributed by atoms with Gasteiger partial charge in [0.25, 0.3) is 6.47 Å². The zero-order chi connectivity index (χ0) is 29.5. The summed E-state index contributed by atoms with van der Waals surface area (Å²) >= 11 is 0. The predicted octanol–water partition coefficient (Wildman–Crippen LogP) is 4.77. The number of aryl methyl sites for hydroxylation is 2. The van der Waals surface area contributed by atoms with Crippen molar-refractivity contribution in [2.75, 3.05) is 13.7 Å². The number of hydrogen-bond acceptors (Lipinski definition) is 7. The van der Waals surface area contributed by atoms with Crippen LogP contribution in [0.25, 0.3) is 11.0 Å². The van der Waals surface area contributed by atoms with Gasteiger partial charge in [0, 0.05) is 38.2 Å². The van der Waals surface area contributed by atoms with Crippen molar-refractivity contribution >= 4 is 23.5 Å². The number of benzene rings is 3. The highest BCUT2D eigenvalue weighted by Crippen LogP contribution is 2.36. The van der Waals surface area contributed by atoms with Gasteiger partial charge in [-0.2, -0.15) is 0 Å². The molecule has 10 heteroatoms. The van der Waals surface area contributed by atoms with Crippen molar-refractivity contribution in [1.82, 2.24) is 19.9 Å². The molecule has 1 aliphatic heterocycles. The molecule has 2 atom stereocenters. The minimum atomic E-state index is -0.859. The molecule has 2 heterocycles. The number of fused-ring (bicyclic) bond motifs is 2. The molecule has 2 N–H and O–H groups in total. The third kappa shape index (κ3) is 6.83. The number of hydrogen-bond donors (Lipinski definition) is 2. The normalized spacial score (nSPS) is 15.6. The van der Waals surface area contributed by atoms with Gasteiger partial charge in [0.15, 0.2) is 0 Å². The van der Waals surface area contributed by atoms with E-state index < -0.39 is 5.97 Å². The summed E-state index contributed by atoms with van der Waals surface area (Å²) in [4.78, 5) is 22.8. The van der Waals surface area contributed by atoms with Gasteiger partial charge < -0.3 is 19.7 Å². The van der Waals surface area contributed by atoms with Crippen molar-refractivity contribution in [2.24, 2.45) is 7.05 Å². The predicted molar refractivity (Wildman–Crippen MR) is 154 cm³/mol. The lowest BCUT2D eigenvalue weighted by atomic mass is 9.86. The van der Waals surface area contributed by atoms with Gasteiger partial charge >= 0.3 is 5.97 Å². The molecule has 4 aromatic rings. The molecule has 0 radical (unpaired) electrons. The highest BCUT2D eigenvalue weighted by Gasteiger charge is 2.25. The van der Waals surface area contributed by atoms with Gasteiger partial charge in [-0.25, -0.2) is 4.68 Å². The molecule has 0 amide bonds. The van der Waals surface area contributed by atoms with Gasteiger partial charge in [0.05, 0.1) is 13.5 Å². The molecule has 41 heavy (non-hydrogen) atoms. The molecule has 3 aromatic carbocycles. The van der Waals surface area contributed by atoms with Gasteiger partial charge in [0.2, 0.25) is 0 Å². The monoisotopic (exact) mass is 560 g/mol. The molecule has 0 fully saturated rings. The van der Waals surface area contributed by atoms with Crippen LogP contribution in [0.4, 0.5) is 0 Å². The molecule has 0 spiro atoms. The summed E-state index contributed by atoms with van der Waals surface area (Å²) in [5.41, 5.74) is 6.80. The number of carboxylic acids is 1. The van der Waals surface area contributed by atoms with Crippen molar-refractivity contribution in [3.05, 3.63) is 82.4 Å². The topological polar surface area (TPSA) is 127 Å². The molecule has 216 valence electrons. The van der Waals surface area contributed by atoms with Crippen LogP contribution in [0.5, 0.6) is 11.5 Å². The van der Waals surface area contributed by atoms with E-state index in [-0.39, 0.29) is 24.9 Å². The average Bonchev–Trinajstić information content (AvgIpc) is 3.23. The van der Waals surface area contributed by atoms with Gasteiger partial charge in [-0.3, -0.25) is 14.5 Å². The minimum absolute atomic E-state index is 0.0414. The zero-order valence-electron chi connectivity index (χ0n) is 23.8. The van der Waals surface area contributed by atoms with Crippen LogP contribution in [0.15, 0.2) is 54.6 Å². The number of carboxylic acid groups (broad SMARTS) is 2. The molecule has 0 aliphatic carbocycles. The maximum atomic E-state index is 12.0. The molecule has 1 aromatic heterocycles. The van der Waals surface area contributed by atoms with Crippen molar-refractivity contribution < 1.29 is 29.3 Å². The quantitative estimate of drug-likeness (QED) is 0.293. The Bertz CT molecular complexity index is 1520. The summed E-state index contributed by atoms with van der Waals surface area (Å²) in [7, 11) is 3.42. The van der Waals surface area contributed by atoms with Gasteiger partial charge in [0.1, 0.15) is 28.6 Å². The lowest BCUT2D eigenvalue weighted by molar-refractivity contribution is -0.137. The minimum Gasteiger partial charge on any atom is -0.494 e. The third-order valence-corrected chi connectivity index (χ3v) is 7.44. The first-order valence-electron chi connectivity index (χ1n) is 13.5. The number of nitrogens with zero attached hydrogens (tertiary/aromatic N) is 4. The highest BCUT2D eigenvalue weighted by molar-refractivity contribution is 5.83. The standard InChI is InChI=1S/C30H34N4O4.CH2O2/c1-5-24-18-34(16-21-8-6-7-9-27(21)38-24)17-23-12-20(11-10-19(23)2)25(15-29(35)36)22-13-26-30(28(14-22)37-4)33(3)32-31-26;2-1-3/h6-14,24-25H,5,15-18H2,1-4H3,(H,35,36);1H,(H,2,3). The van der Waals surface area contributed by atoms with E-state index in [0.29, 0.717) is 11.3 Å². The van der Waals surface area contributed by atoms with Crippen LogP contribution < -0.4 is 9.47 Å². The lowest BCUT2D eigenvalue weighted by Crippen LogP contribution is -2.32. The fraction of sp³-hybridized carbons (Fsp3) is 0.355. The SMILES string of the molecule is CCC1CN(Cc2cc(C(CC(=O)O)c3cc(OC)c4c(c3)nnn4C)ccc2C)Cc2ccccc2O1.O=CO. The van der Waals surface area contributed by atoms with Gasteiger partial charge in [-0.15, -0.1) is 5.10 Å². The third-order valence-electron chi connectivity index (χ3n) is 7.44. The Hall–Kier alpha value is -4.44. The first-order valence-corrected chi connectivity index (χ1v) is 13.5. The summed E-state index contributed by atoms with van der Waals surface area (Å²) in [5, 5.41) is 25.1. The van der Waals surface area contributed by atoms with E-state index in [2.05, 4.69) is 53.3 Å². The Morgan fingerprint density at radius 2 is 1.95 bits per heavy atom. The smallest absolute Gasteiger partial charge is 0.304 e. The Morgan fingerprint density at radius 3 is 2.66 bits per heavy atom. The maximum Gasteiger partial charge on any atom is 0.304 e. The molecule has 0 bridgehead atoms. The van der Waals surface area contributed by atoms with E-state index in [1.165, 1.54) is 16.7 Å². The fourth-order valence-corrected chi connectivity index (χ4v) is 5.35. The summed E-state index contributed by atoms with van der Waals surface area (Å²) in [6.45, 7) is 6.39. The number of carbonyl (C=O) groups is 2. The number of aromatic nitrogens is 3. The van der Waals surface area contributed by atoms with Gasteiger partial charge in [-0.05, 0) is 53.8 Å². The molecule has 2 unspecified atom stereocenters. The molecule has 0 saturated carbocycles. The van der Waals surface area contributed by atoms with Crippen molar-refractivity contribution in [1.29, 1.82) is 0 Å². The lowest BCUT2D eigenvalue weighted by Gasteiger charge is -2.25. The van der Waals surface area contributed by atoms with Crippen LogP contribution in [-0.4, -0.2) is 62.3 Å². The molecular formula is C31H36N4O6. The van der Waals surface area contributed by atoms with Crippen LogP contribution in [-0.2, 0) is 29.7 Å². The Kier molecular flexibility index (Phi) is 9.57. The van der Waals surface area contributed by atoms with Crippen LogP contribution in [0.1, 0.15) is 53.5 Å². The number of para-hydroxylation sites is 1. The molecule has 0 saturated heterocycles. The van der Waals surface area contributed by atoms with E-state index in [1.807, 2.05) is 37.4 Å². The van der Waals surface area contributed by atoms with E-state index in [0.717, 1.165) is 48.4 Å². The molecule has 5 rings (SSSR count). The second-order valence-electron chi connectivity index (χ2n) is 10.2. The first-order chi connectivity index (χ1) is 19.8. The Labute approximate surface area is 239 Å². The van der Waals surface area contributed by atoms with Gasteiger partial charge in [-0.1, -0.05) is 48.5 Å². The first kappa shape index (κ1) is 29.5. The maximum absolute atomic E-state index is 12.0. The van der Waals surface area contributed by atoms with Crippen molar-refractivity contribution in [3.63, 3.8) is 0 Å².